The molecule has 0 aliphatic carbocycles. The number of carbonyl (C=O) groups excluding carboxylic acids is 2. The molecule has 9 heteroatoms. The maximum Gasteiger partial charge on any atom is 0.276 e. The van der Waals surface area contributed by atoms with Crippen LogP contribution in [0.15, 0.2) is 48.9 Å². The molecule has 0 aliphatic heterocycles. The standard InChI is InChI=1S/C21H21N7O2/c1-21(2,3)13-7-5-9-22-16(13)18(30)28-20-25-14-8-4-6-12(15(14)26-20)17(29)27-19-23-10-11-24-19/h4-11H,1-3H3,(H2,23,24,27,29)(H2,25,26,28,30). The van der Waals surface area contributed by atoms with Crippen LogP contribution in [0.5, 0.6) is 0 Å². The molecule has 3 aromatic heterocycles. The van der Waals surface area contributed by atoms with Gasteiger partial charge in [0.2, 0.25) is 11.9 Å². The summed E-state index contributed by atoms with van der Waals surface area (Å²) in [4.78, 5) is 44.0. The topological polar surface area (TPSA) is 128 Å². The summed E-state index contributed by atoms with van der Waals surface area (Å²) in [5.41, 5.74) is 2.34. The van der Waals surface area contributed by atoms with Gasteiger partial charge in [0.25, 0.3) is 11.8 Å². The first-order valence-electron chi connectivity index (χ1n) is 9.39. The van der Waals surface area contributed by atoms with Crippen molar-refractivity contribution in [3.63, 3.8) is 0 Å². The number of imidazole rings is 2. The van der Waals surface area contributed by atoms with Crippen LogP contribution >= 0.6 is 0 Å². The number of aromatic nitrogens is 5. The van der Waals surface area contributed by atoms with Crippen LogP contribution in [0.2, 0.25) is 0 Å². The van der Waals surface area contributed by atoms with Gasteiger partial charge in [0, 0.05) is 18.6 Å². The number of nitrogens with one attached hydrogen (secondary N) is 4. The fourth-order valence-electron chi connectivity index (χ4n) is 3.14. The van der Waals surface area contributed by atoms with Gasteiger partial charge in [-0.2, -0.15) is 0 Å². The highest BCUT2D eigenvalue weighted by Gasteiger charge is 2.23. The number of nitrogens with zero attached hydrogens (tertiary/aromatic N) is 3. The number of pyridine rings is 1. The number of H-pyrrole nitrogens is 2. The van der Waals surface area contributed by atoms with Crippen LogP contribution in [0.3, 0.4) is 0 Å². The normalized spacial score (nSPS) is 11.4. The highest BCUT2D eigenvalue weighted by Crippen LogP contribution is 2.25. The Balaban J connectivity index is 1.62. The van der Waals surface area contributed by atoms with Crippen molar-refractivity contribution in [2.75, 3.05) is 10.6 Å². The molecule has 0 unspecified atom stereocenters. The van der Waals surface area contributed by atoms with Gasteiger partial charge in [-0.05, 0) is 29.2 Å². The number of fused-ring (bicyclic) bond motifs is 1. The van der Waals surface area contributed by atoms with E-state index >= 15 is 0 Å². The molecular formula is C21H21N7O2. The van der Waals surface area contributed by atoms with Gasteiger partial charge in [0.15, 0.2) is 0 Å². The quantitative estimate of drug-likeness (QED) is 0.415. The van der Waals surface area contributed by atoms with E-state index < -0.39 is 0 Å². The summed E-state index contributed by atoms with van der Waals surface area (Å²) in [6.07, 6.45) is 4.74. The van der Waals surface area contributed by atoms with Gasteiger partial charge >= 0.3 is 0 Å². The molecule has 3 heterocycles. The Morgan fingerprint density at radius 3 is 2.47 bits per heavy atom. The van der Waals surface area contributed by atoms with Crippen molar-refractivity contribution >= 4 is 34.7 Å². The Bertz CT molecular complexity index is 1220. The van der Waals surface area contributed by atoms with Crippen molar-refractivity contribution in [1.29, 1.82) is 0 Å². The summed E-state index contributed by atoms with van der Waals surface area (Å²) in [6.45, 7) is 6.06. The second-order valence-corrected chi connectivity index (χ2v) is 7.78. The molecule has 0 fully saturated rings. The lowest BCUT2D eigenvalue weighted by Gasteiger charge is -2.21. The second-order valence-electron chi connectivity index (χ2n) is 7.78. The van der Waals surface area contributed by atoms with Crippen molar-refractivity contribution < 1.29 is 9.59 Å². The van der Waals surface area contributed by atoms with E-state index in [1.54, 1.807) is 36.8 Å². The molecule has 4 aromatic rings. The number of para-hydroxylation sites is 1. The average Bonchev–Trinajstić information content (AvgIpc) is 3.36. The summed E-state index contributed by atoms with van der Waals surface area (Å²) in [5.74, 6) is -0.162. The molecule has 0 atom stereocenters. The predicted molar refractivity (Wildman–Crippen MR) is 114 cm³/mol. The molecule has 9 nitrogen and oxygen atoms in total. The minimum absolute atomic E-state index is 0.235. The fraction of sp³-hybridized carbons (Fsp3) is 0.190. The number of rotatable bonds is 4. The Morgan fingerprint density at radius 2 is 1.73 bits per heavy atom. The molecule has 0 saturated carbocycles. The Kier molecular flexibility index (Phi) is 4.78. The van der Waals surface area contributed by atoms with E-state index in [2.05, 4.69) is 35.6 Å². The third-order valence-corrected chi connectivity index (χ3v) is 4.55. The van der Waals surface area contributed by atoms with Gasteiger partial charge in [-0.3, -0.25) is 25.2 Å². The molecule has 30 heavy (non-hydrogen) atoms. The van der Waals surface area contributed by atoms with Crippen LogP contribution in [0, 0.1) is 0 Å². The second kappa shape index (κ2) is 7.43. The van der Waals surface area contributed by atoms with Crippen molar-refractivity contribution in [2.24, 2.45) is 0 Å². The minimum atomic E-state index is -0.374. The predicted octanol–water partition coefficient (Wildman–Crippen LogP) is 3.48. The Morgan fingerprint density at radius 1 is 0.933 bits per heavy atom. The zero-order valence-corrected chi connectivity index (χ0v) is 16.8. The number of aromatic amines is 2. The van der Waals surface area contributed by atoms with Crippen molar-refractivity contribution in [3.8, 4) is 0 Å². The molecule has 0 radical (unpaired) electrons. The summed E-state index contributed by atoms with van der Waals surface area (Å²) in [5, 5.41) is 5.43. The van der Waals surface area contributed by atoms with Crippen LogP contribution in [0.1, 0.15) is 47.2 Å². The highest BCUT2D eigenvalue weighted by molar-refractivity contribution is 6.11. The van der Waals surface area contributed by atoms with E-state index in [1.807, 2.05) is 32.9 Å². The smallest absolute Gasteiger partial charge is 0.276 e. The van der Waals surface area contributed by atoms with Crippen LogP contribution < -0.4 is 10.6 Å². The Hall–Kier alpha value is -4.01. The van der Waals surface area contributed by atoms with E-state index in [4.69, 9.17) is 0 Å². The summed E-state index contributed by atoms with van der Waals surface area (Å²) >= 11 is 0. The fourth-order valence-corrected chi connectivity index (χ4v) is 3.14. The molecule has 1 aromatic carbocycles. The van der Waals surface area contributed by atoms with Crippen LogP contribution in [0.4, 0.5) is 11.9 Å². The van der Waals surface area contributed by atoms with Crippen molar-refractivity contribution in [1.82, 2.24) is 24.9 Å². The largest absolute Gasteiger partial charge is 0.331 e. The molecule has 0 bridgehead atoms. The number of hydrogen-bond acceptors (Lipinski definition) is 5. The molecular weight excluding hydrogens is 382 g/mol. The molecule has 0 aliphatic rings. The van der Waals surface area contributed by atoms with Gasteiger partial charge < -0.3 is 9.97 Å². The average molecular weight is 403 g/mol. The zero-order valence-electron chi connectivity index (χ0n) is 16.8. The lowest BCUT2D eigenvalue weighted by Crippen LogP contribution is -2.22. The highest BCUT2D eigenvalue weighted by atomic mass is 16.2. The maximum absolute atomic E-state index is 12.9. The van der Waals surface area contributed by atoms with Crippen molar-refractivity contribution in [2.45, 2.75) is 26.2 Å². The minimum Gasteiger partial charge on any atom is -0.331 e. The number of amides is 2. The first-order valence-corrected chi connectivity index (χ1v) is 9.39. The maximum atomic E-state index is 12.9. The van der Waals surface area contributed by atoms with E-state index in [9.17, 15) is 9.59 Å². The van der Waals surface area contributed by atoms with E-state index in [1.165, 1.54) is 0 Å². The Labute approximate surface area is 172 Å². The molecule has 0 saturated heterocycles. The van der Waals surface area contributed by atoms with Gasteiger partial charge in [-0.15, -0.1) is 0 Å². The lowest BCUT2D eigenvalue weighted by molar-refractivity contribution is 0.101. The molecule has 2 amide bonds. The third kappa shape index (κ3) is 3.77. The van der Waals surface area contributed by atoms with Gasteiger partial charge in [-0.1, -0.05) is 32.9 Å². The molecule has 152 valence electrons. The van der Waals surface area contributed by atoms with E-state index in [0.717, 1.165) is 5.56 Å². The molecule has 4 rings (SSSR count). The number of hydrogen-bond donors (Lipinski definition) is 4. The first kappa shape index (κ1) is 19.3. The van der Waals surface area contributed by atoms with E-state index in [-0.39, 0.29) is 23.2 Å². The van der Waals surface area contributed by atoms with Gasteiger partial charge in [-0.25, -0.2) is 9.97 Å². The molecule has 4 N–H and O–H groups in total. The SMILES string of the molecule is CC(C)(C)c1cccnc1C(=O)Nc1nc2c(C(=O)Nc3ncc[nH]3)cccc2[nH]1. The van der Waals surface area contributed by atoms with Crippen LogP contribution in [0.25, 0.3) is 11.0 Å². The number of carbonyl (C=O) groups is 2. The lowest BCUT2D eigenvalue weighted by atomic mass is 9.85. The number of benzene rings is 1. The number of anilines is 2. The third-order valence-electron chi connectivity index (χ3n) is 4.55. The zero-order chi connectivity index (χ0) is 21.3. The summed E-state index contributed by atoms with van der Waals surface area (Å²) in [7, 11) is 0. The van der Waals surface area contributed by atoms with Crippen molar-refractivity contribution in [3.05, 3.63) is 65.7 Å². The first-order chi connectivity index (χ1) is 14.3. The molecule has 0 spiro atoms. The monoisotopic (exact) mass is 403 g/mol. The summed E-state index contributed by atoms with van der Waals surface area (Å²) in [6, 6.07) is 8.87. The van der Waals surface area contributed by atoms with Crippen LogP contribution in [-0.4, -0.2) is 36.7 Å². The van der Waals surface area contributed by atoms with Gasteiger partial charge in [0.1, 0.15) is 11.2 Å². The van der Waals surface area contributed by atoms with E-state index in [0.29, 0.717) is 28.2 Å². The van der Waals surface area contributed by atoms with Crippen LogP contribution in [-0.2, 0) is 5.41 Å². The summed E-state index contributed by atoms with van der Waals surface area (Å²) < 4.78 is 0. The van der Waals surface area contributed by atoms with Gasteiger partial charge in [0.05, 0.1) is 11.1 Å².